The van der Waals surface area contributed by atoms with Gasteiger partial charge in [-0.2, -0.15) is 0 Å². The molecule has 4 nitrogen and oxygen atoms in total. The molecular weight excluding hydrogens is 224 g/mol. The fraction of sp³-hybridized carbons (Fsp3) is 0.455. The highest BCUT2D eigenvalue weighted by Gasteiger charge is 2.17. The molecule has 1 rings (SSSR count). The molecule has 1 heterocycles. The van der Waals surface area contributed by atoms with Crippen LogP contribution in [0.4, 0.5) is 5.13 Å². The molecule has 0 aliphatic rings. The number of hydrogen-bond donors (Lipinski definition) is 1. The molecular formula is C11H14N2O2S. The molecule has 0 fully saturated rings. The van der Waals surface area contributed by atoms with Crippen molar-refractivity contribution in [2.45, 2.75) is 26.3 Å². The van der Waals surface area contributed by atoms with E-state index in [1.54, 1.807) is 6.92 Å². The Bertz CT molecular complexity index is 418. The van der Waals surface area contributed by atoms with Gasteiger partial charge in [0.15, 0.2) is 5.13 Å². The van der Waals surface area contributed by atoms with Crippen molar-refractivity contribution in [1.82, 2.24) is 4.98 Å². The molecule has 86 valence electrons. The van der Waals surface area contributed by atoms with Crippen molar-refractivity contribution >= 4 is 22.4 Å². The third-order valence-electron chi connectivity index (χ3n) is 1.76. The smallest absolute Gasteiger partial charge is 0.350 e. The Morgan fingerprint density at radius 2 is 2.44 bits per heavy atom. The van der Waals surface area contributed by atoms with Gasteiger partial charge >= 0.3 is 5.97 Å². The topological polar surface area (TPSA) is 51.2 Å². The van der Waals surface area contributed by atoms with Gasteiger partial charge in [0, 0.05) is 0 Å². The summed E-state index contributed by atoms with van der Waals surface area (Å²) in [7, 11) is 0. The predicted molar refractivity (Wildman–Crippen MR) is 64.6 cm³/mol. The van der Waals surface area contributed by atoms with Crippen LogP contribution in [-0.4, -0.2) is 23.1 Å². The molecule has 0 unspecified atom stereocenters. The van der Waals surface area contributed by atoms with Gasteiger partial charge in [-0.1, -0.05) is 17.3 Å². The van der Waals surface area contributed by atoms with Crippen LogP contribution in [0.15, 0.2) is 6.20 Å². The quantitative estimate of drug-likeness (QED) is 0.645. The van der Waals surface area contributed by atoms with Crippen molar-refractivity contribution in [3.8, 4) is 12.3 Å². The number of nitrogens with one attached hydrogen (secondary N) is 1. The number of terminal acetylenes is 1. The number of rotatable bonds is 4. The van der Waals surface area contributed by atoms with Gasteiger partial charge in [-0.3, -0.25) is 0 Å². The molecule has 0 aliphatic carbocycles. The fourth-order valence-electron chi connectivity index (χ4n) is 0.932. The summed E-state index contributed by atoms with van der Waals surface area (Å²) in [5.41, 5.74) is -0.482. The fourth-order valence-corrected chi connectivity index (χ4v) is 1.80. The van der Waals surface area contributed by atoms with Crippen molar-refractivity contribution in [3.05, 3.63) is 11.1 Å². The lowest BCUT2D eigenvalue weighted by atomic mass is 10.1. The molecule has 16 heavy (non-hydrogen) atoms. The Balaban J connectivity index is 2.73. The molecule has 0 bridgehead atoms. The SMILES string of the molecule is C#CC(C)(C)Nc1ncc(C(=O)OCC)s1. The van der Waals surface area contributed by atoms with Crippen LogP contribution in [0.3, 0.4) is 0 Å². The molecule has 1 aromatic heterocycles. The van der Waals surface area contributed by atoms with E-state index in [0.717, 1.165) is 0 Å². The lowest BCUT2D eigenvalue weighted by molar-refractivity contribution is 0.0532. The maximum Gasteiger partial charge on any atom is 0.350 e. The molecule has 1 aromatic rings. The van der Waals surface area contributed by atoms with E-state index in [1.165, 1.54) is 17.5 Å². The monoisotopic (exact) mass is 238 g/mol. The molecule has 0 amide bonds. The lowest BCUT2D eigenvalue weighted by Gasteiger charge is -2.18. The molecule has 5 heteroatoms. The Kier molecular flexibility index (Phi) is 3.91. The Labute approximate surface area is 99.0 Å². The summed E-state index contributed by atoms with van der Waals surface area (Å²) in [5, 5.41) is 3.67. The second-order valence-electron chi connectivity index (χ2n) is 3.64. The Hall–Kier alpha value is -1.54. The number of esters is 1. The van der Waals surface area contributed by atoms with Gasteiger partial charge in [-0.15, -0.1) is 6.42 Å². The van der Waals surface area contributed by atoms with Crippen LogP contribution in [-0.2, 0) is 4.74 Å². The molecule has 0 aromatic carbocycles. The van der Waals surface area contributed by atoms with E-state index in [0.29, 0.717) is 16.6 Å². The van der Waals surface area contributed by atoms with Crippen LogP contribution in [0.25, 0.3) is 0 Å². The summed E-state index contributed by atoms with van der Waals surface area (Å²) in [6.45, 7) is 5.84. The summed E-state index contributed by atoms with van der Waals surface area (Å²) < 4.78 is 4.86. The summed E-state index contributed by atoms with van der Waals surface area (Å²) in [6, 6.07) is 0. The van der Waals surface area contributed by atoms with Gasteiger partial charge in [0.25, 0.3) is 0 Å². The molecule has 0 radical (unpaired) electrons. The summed E-state index contributed by atoms with van der Waals surface area (Å²) in [5.74, 6) is 2.24. The number of carbonyl (C=O) groups excluding carboxylic acids is 1. The first-order valence-corrected chi connectivity index (χ1v) is 5.69. The summed E-state index contributed by atoms with van der Waals surface area (Å²) in [6.07, 6.45) is 6.82. The van der Waals surface area contributed by atoms with Gasteiger partial charge in [0.05, 0.1) is 18.3 Å². The predicted octanol–water partition coefficient (Wildman–Crippen LogP) is 2.14. The minimum Gasteiger partial charge on any atom is -0.462 e. The number of thiazole rings is 1. The molecule has 0 atom stereocenters. The summed E-state index contributed by atoms with van der Waals surface area (Å²) in [4.78, 5) is 15.9. The number of ether oxygens (including phenoxy) is 1. The minimum absolute atomic E-state index is 0.355. The van der Waals surface area contributed by atoms with E-state index in [-0.39, 0.29) is 5.97 Å². The van der Waals surface area contributed by atoms with E-state index in [4.69, 9.17) is 11.2 Å². The van der Waals surface area contributed by atoms with Crippen LogP contribution in [0.5, 0.6) is 0 Å². The number of hydrogen-bond acceptors (Lipinski definition) is 5. The largest absolute Gasteiger partial charge is 0.462 e. The van der Waals surface area contributed by atoms with Crippen molar-refractivity contribution in [2.24, 2.45) is 0 Å². The Morgan fingerprint density at radius 3 is 3.00 bits per heavy atom. The minimum atomic E-state index is -0.482. The molecule has 0 saturated carbocycles. The number of carbonyl (C=O) groups is 1. The van der Waals surface area contributed by atoms with Gasteiger partial charge in [-0.05, 0) is 20.8 Å². The standard InChI is InChI=1S/C11H14N2O2S/c1-5-11(3,4)13-10-12-7-8(16-10)9(14)15-6-2/h1,7H,6H2,2-4H3,(H,12,13). The van der Waals surface area contributed by atoms with E-state index in [2.05, 4.69) is 16.2 Å². The Morgan fingerprint density at radius 1 is 1.75 bits per heavy atom. The zero-order chi connectivity index (χ0) is 12.2. The van der Waals surface area contributed by atoms with Crippen LogP contribution in [0.2, 0.25) is 0 Å². The summed E-state index contributed by atoms with van der Waals surface area (Å²) >= 11 is 1.23. The highest BCUT2D eigenvalue weighted by molar-refractivity contribution is 7.17. The van der Waals surface area contributed by atoms with Crippen molar-refractivity contribution < 1.29 is 9.53 Å². The number of aromatic nitrogens is 1. The maximum absolute atomic E-state index is 11.4. The second-order valence-corrected chi connectivity index (χ2v) is 4.68. The third-order valence-corrected chi connectivity index (χ3v) is 2.66. The first-order valence-electron chi connectivity index (χ1n) is 4.87. The molecule has 0 spiro atoms. The van der Waals surface area contributed by atoms with Crippen LogP contribution in [0, 0.1) is 12.3 Å². The van der Waals surface area contributed by atoms with Gasteiger partial charge < -0.3 is 10.1 Å². The molecule has 1 N–H and O–H groups in total. The second kappa shape index (κ2) is 4.99. The van der Waals surface area contributed by atoms with E-state index in [1.807, 2.05) is 13.8 Å². The lowest BCUT2D eigenvalue weighted by Crippen LogP contribution is -2.28. The highest BCUT2D eigenvalue weighted by Crippen LogP contribution is 2.22. The third kappa shape index (κ3) is 3.24. The molecule has 0 saturated heterocycles. The van der Waals surface area contributed by atoms with Crippen molar-refractivity contribution in [1.29, 1.82) is 0 Å². The van der Waals surface area contributed by atoms with Crippen molar-refractivity contribution in [2.75, 3.05) is 11.9 Å². The first kappa shape index (κ1) is 12.5. The number of nitrogens with zero attached hydrogens (tertiary/aromatic N) is 1. The zero-order valence-electron chi connectivity index (χ0n) is 9.53. The average molecular weight is 238 g/mol. The van der Waals surface area contributed by atoms with Crippen LogP contribution >= 0.6 is 11.3 Å². The van der Waals surface area contributed by atoms with E-state index >= 15 is 0 Å². The van der Waals surface area contributed by atoms with E-state index < -0.39 is 5.54 Å². The van der Waals surface area contributed by atoms with Crippen LogP contribution < -0.4 is 5.32 Å². The first-order chi connectivity index (χ1) is 7.48. The van der Waals surface area contributed by atoms with Gasteiger partial charge in [0.2, 0.25) is 0 Å². The van der Waals surface area contributed by atoms with Crippen LogP contribution in [0.1, 0.15) is 30.4 Å². The number of anilines is 1. The molecule has 0 aliphatic heterocycles. The van der Waals surface area contributed by atoms with Crippen molar-refractivity contribution in [3.63, 3.8) is 0 Å². The maximum atomic E-state index is 11.4. The zero-order valence-corrected chi connectivity index (χ0v) is 10.4. The van der Waals surface area contributed by atoms with E-state index in [9.17, 15) is 4.79 Å². The van der Waals surface area contributed by atoms with Gasteiger partial charge in [0.1, 0.15) is 4.88 Å². The highest BCUT2D eigenvalue weighted by atomic mass is 32.1. The average Bonchev–Trinajstić information content (AvgIpc) is 2.66. The van der Waals surface area contributed by atoms with Gasteiger partial charge in [-0.25, -0.2) is 9.78 Å². The normalized spacial score (nSPS) is 10.6.